The first-order chi connectivity index (χ1) is 8.22. The van der Waals surface area contributed by atoms with Crippen LogP contribution in [0.2, 0.25) is 0 Å². The van der Waals surface area contributed by atoms with Crippen molar-refractivity contribution in [1.82, 2.24) is 9.97 Å². The molecule has 0 spiro atoms. The van der Waals surface area contributed by atoms with Crippen LogP contribution in [0.15, 0.2) is 30.5 Å². The fraction of sp³-hybridized carbons (Fsp3) is 0.357. The second kappa shape index (κ2) is 4.00. The maximum atomic E-state index is 5.80. The van der Waals surface area contributed by atoms with Gasteiger partial charge in [-0.25, -0.2) is 4.98 Å². The molecular formula is C14H17N3. The number of aromatic amines is 1. The molecule has 1 aromatic carbocycles. The van der Waals surface area contributed by atoms with Crippen molar-refractivity contribution in [2.45, 2.75) is 31.7 Å². The molecule has 1 fully saturated rings. The van der Waals surface area contributed by atoms with Crippen molar-refractivity contribution in [1.29, 1.82) is 0 Å². The lowest BCUT2D eigenvalue weighted by Crippen LogP contribution is -2.35. The summed E-state index contributed by atoms with van der Waals surface area (Å²) in [6.45, 7) is 2.10. The lowest BCUT2D eigenvalue weighted by Gasteiger charge is -2.30. The first-order valence-corrected chi connectivity index (χ1v) is 6.10. The van der Waals surface area contributed by atoms with E-state index < -0.39 is 0 Å². The Balaban J connectivity index is 1.85. The molecule has 3 rings (SSSR count). The number of benzene rings is 1. The van der Waals surface area contributed by atoms with Crippen LogP contribution in [0, 0.1) is 6.92 Å². The van der Waals surface area contributed by atoms with Crippen molar-refractivity contribution in [3.05, 3.63) is 41.9 Å². The second-order valence-corrected chi connectivity index (χ2v) is 4.98. The lowest BCUT2D eigenvalue weighted by atomic mass is 9.80. The van der Waals surface area contributed by atoms with Crippen molar-refractivity contribution >= 4 is 0 Å². The van der Waals surface area contributed by atoms with Crippen molar-refractivity contribution in [2.24, 2.45) is 5.73 Å². The molecule has 3 N–H and O–H groups in total. The van der Waals surface area contributed by atoms with E-state index in [0.717, 1.165) is 24.4 Å². The summed E-state index contributed by atoms with van der Waals surface area (Å²) in [5, 5.41) is 0. The van der Waals surface area contributed by atoms with Crippen molar-refractivity contribution in [3.8, 4) is 11.3 Å². The molecule has 17 heavy (non-hydrogen) atoms. The zero-order chi connectivity index (χ0) is 11.8. The average Bonchev–Trinajstić information content (AvgIpc) is 2.74. The number of hydrogen-bond donors (Lipinski definition) is 2. The molecule has 88 valence electrons. The minimum absolute atomic E-state index is 0.368. The van der Waals surface area contributed by atoms with Gasteiger partial charge in [-0.3, -0.25) is 0 Å². The number of aryl methyl sites for hydroxylation is 1. The van der Waals surface area contributed by atoms with Crippen LogP contribution >= 0.6 is 0 Å². The van der Waals surface area contributed by atoms with E-state index in [-0.39, 0.29) is 0 Å². The first kappa shape index (κ1) is 10.5. The lowest BCUT2D eigenvalue weighted by molar-refractivity contribution is 0.340. The molecule has 0 radical (unpaired) electrons. The number of rotatable bonds is 2. The SMILES string of the molecule is Cc1cccc(-c2cnc(C3CC(N)C3)[nH]2)c1. The summed E-state index contributed by atoms with van der Waals surface area (Å²) in [6.07, 6.45) is 4.04. The Kier molecular flexibility index (Phi) is 2.48. The first-order valence-electron chi connectivity index (χ1n) is 6.10. The molecule has 0 aliphatic heterocycles. The smallest absolute Gasteiger partial charge is 0.109 e. The molecule has 0 atom stereocenters. The molecule has 3 heteroatoms. The van der Waals surface area contributed by atoms with Gasteiger partial charge in [-0.05, 0) is 31.4 Å². The monoisotopic (exact) mass is 227 g/mol. The van der Waals surface area contributed by atoms with E-state index in [1.54, 1.807) is 0 Å². The Hall–Kier alpha value is -1.61. The van der Waals surface area contributed by atoms with E-state index in [0.29, 0.717) is 12.0 Å². The van der Waals surface area contributed by atoms with Gasteiger partial charge >= 0.3 is 0 Å². The molecule has 0 amide bonds. The van der Waals surface area contributed by atoms with Gasteiger partial charge in [0.2, 0.25) is 0 Å². The van der Waals surface area contributed by atoms with Crippen LogP contribution in [-0.4, -0.2) is 16.0 Å². The van der Waals surface area contributed by atoms with E-state index in [9.17, 15) is 0 Å². The number of nitrogens with one attached hydrogen (secondary N) is 1. The number of hydrogen-bond acceptors (Lipinski definition) is 2. The Labute approximate surface area is 101 Å². The Morgan fingerprint density at radius 1 is 1.35 bits per heavy atom. The Morgan fingerprint density at radius 2 is 2.18 bits per heavy atom. The third kappa shape index (κ3) is 1.98. The third-order valence-electron chi connectivity index (χ3n) is 3.49. The molecular weight excluding hydrogens is 210 g/mol. The summed E-state index contributed by atoms with van der Waals surface area (Å²) in [7, 11) is 0. The molecule has 1 aliphatic rings. The summed E-state index contributed by atoms with van der Waals surface area (Å²) in [5.74, 6) is 1.62. The Bertz CT molecular complexity index is 524. The number of H-pyrrole nitrogens is 1. The zero-order valence-corrected chi connectivity index (χ0v) is 9.98. The molecule has 1 aliphatic carbocycles. The van der Waals surface area contributed by atoms with Gasteiger partial charge in [0.1, 0.15) is 5.82 Å². The van der Waals surface area contributed by atoms with Gasteiger partial charge in [0.15, 0.2) is 0 Å². The van der Waals surface area contributed by atoms with Crippen LogP contribution in [-0.2, 0) is 0 Å². The summed E-state index contributed by atoms with van der Waals surface area (Å²) in [4.78, 5) is 7.88. The molecule has 0 unspecified atom stereocenters. The zero-order valence-electron chi connectivity index (χ0n) is 9.98. The quantitative estimate of drug-likeness (QED) is 0.828. The summed E-state index contributed by atoms with van der Waals surface area (Å²) >= 11 is 0. The second-order valence-electron chi connectivity index (χ2n) is 4.98. The minimum atomic E-state index is 0.368. The highest BCUT2D eigenvalue weighted by molar-refractivity contribution is 5.59. The van der Waals surface area contributed by atoms with Gasteiger partial charge in [-0.15, -0.1) is 0 Å². The highest BCUT2D eigenvalue weighted by Crippen LogP contribution is 2.34. The van der Waals surface area contributed by atoms with Crippen LogP contribution < -0.4 is 5.73 Å². The highest BCUT2D eigenvalue weighted by atomic mass is 14.9. The van der Waals surface area contributed by atoms with E-state index in [4.69, 9.17) is 5.73 Å². The maximum Gasteiger partial charge on any atom is 0.109 e. The predicted octanol–water partition coefficient (Wildman–Crippen LogP) is 2.59. The fourth-order valence-corrected chi connectivity index (χ4v) is 2.39. The highest BCUT2D eigenvalue weighted by Gasteiger charge is 2.29. The van der Waals surface area contributed by atoms with Crippen molar-refractivity contribution in [2.75, 3.05) is 0 Å². The van der Waals surface area contributed by atoms with E-state index in [1.165, 1.54) is 11.1 Å². The minimum Gasteiger partial charge on any atom is -0.342 e. The standard InChI is InChI=1S/C14H17N3/c1-9-3-2-4-10(5-9)13-8-16-14(17-13)11-6-12(15)7-11/h2-5,8,11-12H,6-7,15H2,1H3,(H,16,17). The molecule has 2 aromatic rings. The topological polar surface area (TPSA) is 54.7 Å². The van der Waals surface area contributed by atoms with Crippen molar-refractivity contribution < 1.29 is 0 Å². The summed E-state index contributed by atoms with van der Waals surface area (Å²) < 4.78 is 0. The molecule has 1 heterocycles. The van der Waals surface area contributed by atoms with E-state index in [2.05, 4.69) is 41.2 Å². The van der Waals surface area contributed by atoms with Gasteiger partial charge in [-0.1, -0.05) is 23.8 Å². The van der Waals surface area contributed by atoms with Gasteiger partial charge < -0.3 is 10.7 Å². The van der Waals surface area contributed by atoms with Crippen LogP contribution in [0.4, 0.5) is 0 Å². The number of imidazole rings is 1. The van der Waals surface area contributed by atoms with E-state index >= 15 is 0 Å². The van der Waals surface area contributed by atoms with Crippen LogP contribution in [0.25, 0.3) is 11.3 Å². The molecule has 3 nitrogen and oxygen atoms in total. The number of nitrogens with two attached hydrogens (primary N) is 1. The largest absolute Gasteiger partial charge is 0.342 e. The van der Waals surface area contributed by atoms with Crippen LogP contribution in [0.1, 0.15) is 30.1 Å². The number of nitrogens with zero attached hydrogens (tertiary/aromatic N) is 1. The number of aromatic nitrogens is 2. The summed E-state index contributed by atoms with van der Waals surface area (Å²) in [5.41, 5.74) is 9.37. The molecule has 0 bridgehead atoms. The average molecular weight is 227 g/mol. The molecule has 1 aromatic heterocycles. The molecule has 0 saturated heterocycles. The maximum absolute atomic E-state index is 5.80. The van der Waals surface area contributed by atoms with Crippen molar-refractivity contribution in [3.63, 3.8) is 0 Å². The third-order valence-corrected chi connectivity index (χ3v) is 3.49. The normalized spacial score (nSPS) is 23.4. The van der Waals surface area contributed by atoms with Gasteiger partial charge in [-0.2, -0.15) is 0 Å². The van der Waals surface area contributed by atoms with Gasteiger partial charge in [0, 0.05) is 12.0 Å². The van der Waals surface area contributed by atoms with Gasteiger partial charge in [0.05, 0.1) is 11.9 Å². The predicted molar refractivity (Wildman–Crippen MR) is 68.7 cm³/mol. The van der Waals surface area contributed by atoms with E-state index in [1.807, 2.05) is 6.20 Å². The molecule has 1 saturated carbocycles. The fourth-order valence-electron chi connectivity index (χ4n) is 2.39. The van der Waals surface area contributed by atoms with Crippen LogP contribution in [0.3, 0.4) is 0 Å². The summed E-state index contributed by atoms with van der Waals surface area (Å²) in [6, 6.07) is 8.82. The Morgan fingerprint density at radius 3 is 2.88 bits per heavy atom. The van der Waals surface area contributed by atoms with Gasteiger partial charge in [0.25, 0.3) is 0 Å². The van der Waals surface area contributed by atoms with Crippen LogP contribution in [0.5, 0.6) is 0 Å².